The lowest BCUT2D eigenvalue weighted by molar-refractivity contribution is -0.148. The number of hydrogen-bond acceptors (Lipinski definition) is 3. The molecule has 1 saturated heterocycles. The van der Waals surface area contributed by atoms with Gasteiger partial charge in [0.25, 0.3) is 0 Å². The van der Waals surface area contributed by atoms with Crippen LogP contribution in [0.2, 0.25) is 0 Å². The highest BCUT2D eigenvalue weighted by molar-refractivity contribution is 5.70. The quantitative estimate of drug-likeness (QED) is 0.857. The van der Waals surface area contributed by atoms with E-state index in [-0.39, 0.29) is 12.0 Å². The topological polar surface area (TPSA) is 49.8 Å². The fraction of sp³-hybridized carbons (Fsp3) is 0.933. The molecule has 1 heterocycles. The molecule has 1 aliphatic heterocycles. The summed E-state index contributed by atoms with van der Waals surface area (Å²) in [4.78, 5) is 13.2. The molecule has 0 aromatic heterocycles. The Morgan fingerprint density at radius 2 is 1.74 bits per heavy atom. The van der Waals surface area contributed by atoms with Gasteiger partial charge in [-0.25, -0.2) is 0 Å². The molecule has 2 fully saturated rings. The number of rotatable bonds is 3. The summed E-state index contributed by atoms with van der Waals surface area (Å²) in [5.74, 6) is -0.981. The summed E-state index contributed by atoms with van der Waals surface area (Å²) in [5, 5.41) is 8.76. The SMILES string of the molecule is CC(C)N1CCCC1.COC1CCCCC1C(=O)O. The zero-order valence-corrected chi connectivity index (χ0v) is 12.6. The third-order valence-electron chi connectivity index (χ3n) is 4.19. The molecule has 1 saturated carbocycles. The van der Waals surface area contributed by atoms with Crippen molar-refractivity contribution in [3.05, 3.63) is 0 Å². The van der Waals surface area contributed by atoms with E-state index in [0.717, 1.165) is 31.7 Å². The molecule has 112 valence electrons. The maximum absolute atomic E-state index is 10.6. The van der Waals surface area contributed by atoms with Gasteiger partial charge in [-0.3, -0.25) is 4.79 Å². The Balaban J connectivity index is 0.000000200. The molecule has 2 rings (SSSR count). The van der Waals surface area contributed by atoms with Gasteiger partial charge in [-0.05, 0) is 52.6 Å². The second kappa shape index (κ2) is 8.54. The molecular formula is C15H29NO3. The van der Waals surface area contributed by atoms with Crippen molar-refractivity contribution in [3.8, 4) is 0 Å². The van der Waals surface area contributed by atoms with Crippen LogP contribution < -0.4 is 0 Å². The highest BCUT2D eigenvalue weighted by Crippen LogP contribution is 2.26. The highest BCUT2D eigenvalue weighted by Gasteiger charge is 2.30. The van der Waals surface area contributed by atoms with Gasteiger partial charge in [-0.1, -0.05) is 12.8 Å². The fourth-order valence-electron chi connectivity index (χ4n) is 2.92. The maximum Gasteiger partial charge on any atom is 0.309 e. The largest absolute Gasteiger partial charge is 0.481 e. The molecule has 2 atom stereocenters. The minimum absolute atomic E-state index is 0.0544. The van der Waals surface area contributed by atoms with Gasteiger partial charge in [-0.2, -0.15) is 0 Å². The van der Waals surface area contributed by atoms with Crippen LogP contribution in [-0.4, -0.2) is 48.3 Å². The summed E-state index contributed by atoms with van der Waals surface area (Å²) >= 11 is 0. The minimum atomic E-state index is -0.712. The summed E-state index contributed by atoms with van der Waals surface area (Å²) in [6.07, 6.45) is 6.57. The standard InChI is InChI=1S/C8H14O3.C7H15N/c1-11-7-5-3-2-4-6(7)8(9)10;1-7(2)8-5-3-4-6-8/h6-7H,2-5H2,1H3,(H,9,10);7H,3-6H2,1-2H3. The van der Waals surface area contributed by atoms with Crippen LogP contribution in [0.1, 0.15) is 52.4 Å². The number of ether oxygens (including phenoxy) is 1. The molecule has 1 N–H and O–H groups in total. The first kappa shape index (κ1) is 16.4. The second-order valence-corrected chi connectivity index (χ2v) is 5.84. The van der Waals surface area contributed by atoms with Gasteiger partial charge >= 0.3 is 5.97 Å². The Hall–Kier alpha value is -0.610. The van der Waals surface area contributed by atoms with Crippen LogP contribution in [0.25, 0.3) is 0 Å². The number of carboxylic acids is 1. The number of hydrogen-bond donors (Lipinski definition) is 1. The lowest BCUT2D eigenvalue weighted by atomic mass is 9.86. The zero-order valence-electron chi connectivity index (χ0n) is 12.6. The minimum Gasteiger partial charge on any atom is -0.481 e. The van der Waals surface area contributed by atoms with E-state index in [4.69, 9.17) is 9.84 Å². The number of carbonyl (C=O) groups is 1. The second-order valence-electron chi connectivity index (χ2n) is 5.84. The van der Waals surface area contributed by atoms with E-state index in [1.807, 2.05) is 0 Å². The molecule has 4 nitrogen and oxygen atoms in total. The lowest BCUT2D eigenvalue weighted by Crippen LogP contribution is -2.32. The van der Waals surface area contributed by atoms with Crippen molar-refractivity contribution >= 4 is 5.97 Å². The molecule has 1 aliphatic carbocycles. The first-order chi connectivity index (χ1) is 9.06. The smallest absolute Gasteiger partial charge is 0.309 e. The van der Waals surface area contributed by atoms with Gasteiger partial charge in [0.05, 0.1) is 12.0 Å². The van der Waals surface area contributed by atoms with Crippen LogP contribution in [0.4, 0.5) is 0 Å². The average Bonchev–Trinajstić information content (AvgIpc) is 2.93. The van der Waals surface area contributed by atoms with E-state index >= 15 is 0 Å². The first-order valence-electron chi connectivity index (χ1n) is 7.56. The fourth-order valence-corrected chi connectivity index (χ4v) is 2.92. The molecule has 4 heteroatoms. The number of carboxylic acid groups (broad SMARTS) is 1. The van der Waals surface area contributed by atoms with Crippen molar-refractivity contribution < 1.29 is 14.6 Å². The monoisotopic (exact) mass is 271 g/mol. The Kier molecular flexibility index (Phi) is 7.39. The maximum atomic E-state index is 10.6. The summed E-state index contributed by atoms with van der Waals surface area (Å²) < 4.78 is 5.08. The molecule has 0 radical (unpaired) electrons. The predicted molar refractivity (Wildman–Crippen MR) is 76.3 cm³/mol. The van der Waals surface area contributed by atoms with Crippen molar-refractivity contribution in [1.82, 2.24) is 4.90 Å². The van der Waals surface area contributed by atoms with E-state index in [9.17, 15) is 4.79 Å². The van der Waals surface area contributed by atoms with Crippen molar-refractivity contribution in [2.45, 2.75) is 64.5 Å². The summed E-state index contributed by atoms with van der Waals surface area (Å²) in [6, 6.07) is 0.775. The Labute approximate surface area is 117 Å². The van der Waals surface area contributed by atoms with Crippen molar-refractivity contribution in [2.75, 3.05) is 20.2 Å². The van der Waals surface area contributed by atoms with E-state index < -0.39 is 5.97 Å². The lowest BCUT2D eigenvalue weighted by Gasteiger charge is -2.26. The Morgan fingerprint density at radius 1 is 1.16 bits per heavy atom. The number of likely N-dealkylation sites (tertiary alicyclic amines) is 1. The molecule has 0 amide bonds. The van der Waals surface area contributed by atoms with Crippen molar-refractivity contribution in [3.63, 3.8) is 0 Å². The number of methoxy groups -OCH3 is 1. The van der Waals surface area contributed by atoms with E-state index in [1.54, 1.807) is 7.11 Å². The normalized spacial score (nSPS) is 28.0. The van der Waals surface area contributed by atoms with Crippen LogP contribution in [0, 0.1) is 5.92 Å². The van der Waals surface area contributed by atoms with Crippen LogP contribution >= 0.6 is 0 Å². The summed E-state index contributed by atoms with van der Waals surface area (Å²) in [6.45, 7) is 7.20. The van der Waals surface area contributed by atoms with Crippen LogP contribution in [-0.2, 0) is 9.53 Å². The Morgan fingerprint density at radius 3 is 2.11 bits per heavy atom. The van der Waals surface area contributed by atoms with E-state index in [2.05, 4.69) is 18.7 Å². The summed E-state index contributed by atoms with van der Waals surface area (Å²) in [7, 11) is 1.59. The molecule has 19 heavy (non-hydrogen) atoms. The molecule has 0 aromatic rings. The summed E-state index contributed by atoms with van der Waals surface area (Å²) in [5.41, 5.74) is 0. The third-order valence-corrected chi connectivity index (χ3v) is 4.19. The molecule has 0 spiro atoms. The predicted octanol–water partition coefficient (Wildman–Crippen LogP) is 2.77. The first-order valence-corrected chi connectivity index (χ1v) is 7.56. The third kappa shape index (κ3) is 5.49. The molecule has 2 unspecified atom stereocenters. The molecule has 0 aromatic carbocycles. The van der Waals surface area contributed by atoms with E-state index in [1.165, 1.54) is 25.9 Å². The van der Waals surface area contributed by atoms with E-state index in [0.29, 0.717) is 0 Å². The van der Waals surface area contributed by atoms with Crippen LogP contribution in [0.5, 0.6) is 0 Å². The van der Waals surface area contributed by atoms with Crippen LogP contribution in [0.15, 0.2) is 0 Å². The zero-order chi connectivity index (χ0) is 14.3. The molecular weight excluding hydrogens is 242 g/mol. The van der Waals surface area contributed by atoms with Gasteiger partial charge in [0.2, 0.25) is 0 Å². The van der Waals surface area contributed by atoms with Crippen LogP contribution in [0.3, 0.4) is 0 Å². The van der Waals surface area contributed by atoms with Crippen molar-refractivity contribution in [2.24, 2.45) is 5.92 Å². The van der Waals surface area contributed by atoms with Gasteiger partial charge in [0, 0.05) is 13.2 Å². The molecule has 2 aliphatic rings. The van der Waals surface area contributed by atoms with Gasteiger partial charge in [0.1, 0.15) is 0 Å². The van der Waals surface area contributed by atoms with Crippen molar-refractivity contribution in [1.29, 1.82) is 0 Å². The number of aliphatic carboxylic acids is 1. The Bertz CT molecular complexity index is 262. The average molecular weight is 271 g/mol. The number of nitrogens with zero attached hydrogens (tertiary/aromatic N) is 1. The van der Waals surface area contributed by atoms with Gasteiger partial charge in [0.15, 0.2) is 0 Å². The molecule has 0 bridgehead atoms. The van der Waals surface area contributed by atoms with Gasteiger partial charge < -0.3 is 14.7 Å². The highest BCUT2D eigenvalue weighted by atomic mass is 16.5. The van der Waals surface area contributed by atoms with Gasteiger partial charge in [-0.15, -0.1) is 0 Å².